The lowest BCUT2D eigenvalue weighted by Gasteiger charge is -2.22. The van der Waals surface area contributed by atoms with Gasteiger partial charge in [-0.2, -0.15) is 10.1 Å². The summed E-state index contributed by atoms with van der Waals surface area (Å²) >= 11 is 7.44. The lowest BCUT2D eigenvalue weighted by atomic mass is 9.98. The molecule has 0 N–H and O–H groups in total. The van der Waals surface area contributed by atoms with Gasteiger partial charge in [0.25, 0.3) is 5.91 Å². The molecule has 0 spiro atoms. The monoisotopic (exact) mass is 533 g/mol. The van der Waals surface area contributed by atoms with Crippen LogP contribution in [0.25, 0.3) is 6.08 Å². The van der Waals surface area contributed by atoms with Gasteiger partial charge in [0.2, 0.25) is 0 Å². The molecule has 1 amide bonds. The minimum atomic E-state index is -0.308. The van der Waals surface area contributed by atoms with Crippen LogP contribution < -0.4 is 14.2 Å². The van der Waals surface area contributed by atoms with Crippen molar-refractivity contribution in [2.45, 2.75) is 12.5 Å². The highest BCUT2D eigenvalue weighted by atomic mass is 35.5. The molecule has 7 nitrogen and oxygen atoms in total. The van der Waals surface area contributed by atoms with Gasteiger partial charge in [-0.05, 0) is 83.1 Å². The zero-order chi connectivity index (χ0) is 25.9. The molecule has 2 aliphatic rings. The van der Waals surface area contributed by atoms with Gasteiger partial charge in [-0.15, -0.1) is 0 Å². The fourth-order valence-corrected chi connectivity index (χ4v) is 5.22. The van der Waals surface area contributed by atoms with Crippen LogP contribution in [0, 0.1) is 0 Å². The van der Waals surface area contributed by atoms with E-state index in [0.29, 0.717) is 33.0 Å². The van der Waals surface area contributed by atoms with E-state index in [2.05, 4.69) is 4.99 Å². The first-order valence-electron chi connectivity index (χ1n) is 11.5. The zero-order valence-electron chi connectivity index (χ0n) is 20.5. The van der Waals surface area contributed by atoms with E-state index in [1.165, 1.54) is 11.8 Å². The second-order valence-electron chi connectivity index (χ2n) is 8.32. The Balaban J connectivity index is 1.46. The number of carbonyl (C=O) groups is 1. The average molecular weight is 534 g/mol. The molecule has 3 aromatic carbocycles. The van der Waals surface area contributed by atoms with E-state index < -0.39 is 0 Å². The molecule has 0 saturated carbocycles. The number of benzene rings is 3. The summed E-state index contributed by atoms with van der Waals surface area (Å²) in [7, 11) is 4.80. The number of rotatable bonds is 6. The third-order valence-corrected chi connectivity index (χ3v) is 7.32. The molecule has 0 fully saturated rings. The van der Waals surface area contributed by atoms with Gasteiger partial charge < -0.3 is 14.2 Å². The average Bonchev–Trinajstić information content (AvgIpc) is 3.53. The van der Waals surface area contributed by atoms with Gasteiger partial charge in [0, 0.05) is 11.4 Å². The van der Waals surface area contributed by atoms with Crippen molar-refractivity contribution in [2.24, 2.45) is 10.1 Å². The minimum Gasteiger partial charge on any atom is -0.497 e. The summed E-state index contributed by atoms with van der Waals surface area (Å²) in [5.74, 6) is 1.68. The largest absolute Gasteiger partial charge is 0.497 e. The third kappa shape index (κ3) is 5.21. The van der Waals surface area contributed by atoms with E-state index >= 15 is 0 Å². The number of ether oxygens (including phenoxy) is 3. The summed E-state index contributed by atoms with van der Waals surface area (Å²) in [5, 5.41) is 7.93. The highest BCUT2D eigenvalue weighted by Gasteiger charge is 2.36. The van der Waals surface area contributed by atoms with E-state index in [0.717, 1.165) is 28.2 Å². The molecular formula is C28H24ClN3O4S. The van der Waals surface area contributed by atoms with Crippen LogP contribution in [0.1, 0.15) is 29.2 Å². The van der Waals surface area contributed by atoms with Crippen molar-refractivity contribution < 1.29 is 19.0 Å². The van der Waals surface area contributed by atoms with Gasteiger partial charge in [-0.1, -0.05) is 29.8 Å². The fraction of sp³-hybridized carbons (Fsp3) is 0.179. The lowest BCUT2D eigenvalue weighted by molar-refractivity contribution is -0.113. The van der Waals surface area contributed by atoms with Crippen molar-refractivity contribution in [3.05, 3.63) is 93.3 Å². The number of methoxy groups -OCH3 is 3. The molecule has 0 aliphatic carbocycles. The van der Waals surface area contributed by atoms with E-state index in [1.54, 1.807) is 33.5 Å². The van der Waals surface area contributed by atoms with Crippen molar-refractivity contribution in [2.75, 3.05) is 21.3 Å². The molecule has 2 heterocycles. The molecule has 37 heavy (non-hydrogen) atoms. The molecule has 5 rings (SSSR count). The summed E-state index contributed by atoms with van der Waals surface area (Å²) in [6.45, 7) is 0. The van der Waals surface area contributed by atoms with Crippen LogP contribution in [0.2, 0.25) is 5.02 Å². The molecule has 1 atom stereocenters. The predicted octanol–water partition coefficient (Wildman–Crippen LogP) is 6.19. The van der Waals surface area contributed by atoms with Crippen molar-refractivity contribution in [3.8, 4) is 17.2 Å². The standard InChI is InChI=1S/C28H24ClN3O4S/c1-34-21-11-7-18(8-12-21)22-16-23(19-5-9-20(29)10-6-19)32(31-22)28-30-27(33)26(37-28)15-17-4-13-24(35-2)25(14-17)36-3/h4-15,23H,16H2,1-3H3/b26-15-. The summed E-state index contributed by atoms with van der Waals surface area (Å²) in [6.07, 6.45) is 2.45. The van der Waals surface area contributed by atoms with Crippen molar-refractivity contribution in [3.63, 3.8) is 0 Å². The molecule has 0 bridgehead atoms. The number of carbonyl (C=O) groups excluding carboxylic acids is 1. The second-order valence-corrected chi connectivity index (χ2v) is 9.76. The Morgan fingerprint density at radius 2 is 1.68 bits per heavy atom. The number of nitrogens with zero attached hydrogens (tertiary/aromatic N) is 3. The van der Waals surface area contributed by atoms with E-state index in [-0.39, 0.29) is 11.9 Å². The van der Waals surface area contributed by atoms with Gasteiger partial charge in [0.05, 0.1) is 38.0 Å². The van der Waals surface area contributed by atoms with Gasteiger partial charge in [0.1, 0.15) is 5.75 Å². The van der Waals surface area contributed by atoms with Crippen molar-refractivity contribution in [1.82, 2.24) is 5.01 Å². The first-order chi connectivity index (χ1) is 18.0. The topological polar surface area (TPSA) is 72.7 Å². The molecule has 0 radical (unpaired) electrons. The summed E-state index contributed by atoms with van der Waals surface area (Å²) < 4.78 is 16.0. The number of aliphatic imine (C=N–C) groups is 1. The van der Waals surface area contributed by atoms with Gasteiger partial charge in [-0.25, -0.2) is 5.01 Å². The number of hydrogen-bond acceptors (Lipinski definition) is 7. The quantitative estimate of drug-likeness (QED) is 0.352. The molecular weight excluding hydrogens is 510 g/mol. The molecule has 0 aromatic heterocycles. The van der Waals surface area contributed by atoms with E-state index in [1.807, 2.05) is 65.7 Å². The molecule has 9 heteroatoms. The highest BCUT2D eigenvalue weighted by molar-refractivity contribution is 8.18. The van der Waals surface area contributed by atoms with Crippen LogP contribution in [-0.2, 0) is 4.79 Å². The van der Waals surface area contributed by atoms with Crippen molar-refractivity contribution in [1.29, 1.82) is 0 Å². The Kier molecular flexibility index (Phi) is 7.21. The van der Waals surface area contributed by atoms with Crippen LogP contribution >= 0.6 is 23.4 Å². The Labute approximate surface area is 224 Å². The normalized spacial score (nSPS) is 18.2. The van der Waals surface area contributed by atoms with Gasteiger partial charge in [-0.3, -0.25) is 4.79 Å². The smallest absolute Gasteiger partial charge is 0.286 e. The number of amides is 1. The SMILES string of the molecule is COc1ccc(C2=NN(C3=NC(=O)/C(=C/c4ccc(OC)c(OC)c4)S3)C(c3ccc(Cl)cc3)C2)cc1. The molecule has 3 aromatic rings. The Morgan fingerprint density at radius 1 is 0.946 bits per heavy atom. The van der Waals surface area contributed by atoms with E-state index in [4.69, 9.17) is 30.9 Å². The summed E-state index contributed by atoms with van der Waals surface area (Å²) in [5.41, 5.74) is 3.72. The Hall–Kier alpha value is -3.75. The maximum atomic E-state index is 12.9. The number of halogens is 1. The van der Waals surface area contributed by atoms with Crippen LogP contribution in [0.15, 0.2) is 81.7 Å². The number of hydrazone groups is 1. The third-order valence-electron chi connectivity index (χ3n) is 6.10. The van der Waals surface area contributed by atoms with Crippen LogP contribution in [0.3, 0.4) is 0 Å². The van der Waals surface area contributed by atoms with Crippen molar-refractivity contribution >= 4 is 46.2 Å². The first-order valence-corrected chi connectivity index (χ1v) is 12.7. The number of amidine groups is 1. The van der Waals surface area contributed by atoms with Crippen LogP contribution in [0.4, 0.5) is 0 Å². The lowest BCUT2D eigenvalue weighted by Crippen LogP contribution is -2.23. The second kappa shape index (κ2) is 10.7. The van der Waals surface area contributed by atoms with Gasteiger partial charge >= 0.3 is 0 Å². The summed E-state index contributed by atoms with van der Waals surface area (Å²) in [4.78, 5) is 17.8. The molecule has 188 valence electrons. The van der Waals surface area contributed by atoms with Crippen LogP contribution in [0.5, 0.6) is 17.2 Å². The maximum absolute atomic E-state index is 12.9. The zero-order valence-corrected chi connectivity index (χ0v) is 22.0. The minimum absolute atomic E-state index is 0.131. The van der Waals surface area contributed by atoms with E-state index in [9.17, 15) is 4.79 Å². The van der Waals surface area contributed by atoms with Crippen LogP contribution in [-0.4, -0.2) is 43.1 Å². The maximum Gasteiger partial charge on any atom is 0.286 e. The molecule has 0 saturated heterocycles. The summed E-state index contributed by atoms with van der Waals surface area (Å²) in [6, 6.07) is 20.8. The number of thioether (sulfide) groups is 1. The Morgan fingerprint density at radius 3 is 2.35 bits per heavy atom. The molecule has 2 aliphatic heterocycles. The first kappa shape index (κ1) is 24.9. The molecule has 1 unspecified atom stereocenters. The number of hydrogen-bond donors (Lipinski definition) is 0. The van der Waals surface area contributed by atoms with Gasteiger partial charge in [0.15, 0.2) is 16.7 Å². The Bertz CT molecular complexity index is 1420. The highest BCUT2D eigenvalue weighted by Crippen LogP contribution is 2.40. The fourth-order valence-electron chi connectivity index (χ4n) is 4.18. The predicted molar refractivity (Wildman–Crippen MR) is 148 cm³/mol.